The first-order chi connectivity index (χ1) is 18.0. The number of amides is 1. The molecule has 5 rings (SSSR count). The Morgan fingerprint density at radius 1 is 0.895 bits per heavy atom. The number of anilines is 1. The van der Waals surface area contributed by atoms with E-state index in [-0.39, 0.29) is 39.0 Å². The molecule has 11 heteroatoms. The Bertz CT molecular complexity index is 1700. The summed E-state index contributed by atoms with van der Waals surface area (Å²) in [6.07, 6.45) is -4.85. The molecule has 0 saturated heterocycles. The summed E-state index contributed by atoms with van der Waals surface area (Å²) >= 11 is 6.35. The van der Waals surface area contributed by atoms with Crippen LogP contribution in [0.5, 0.6) is 0 Å². The average Bonchev–Trinajstić information content (AvgIpc) is 3.22. The molecule has 0 atom stereocenters. The van der Waals surface area contributed by atoms with Gasteiger partial charge in [0, 0.05) is 11.3 Å². The standard InChI is InChI=1S/C27H14ClF6N3O/c28-26-36-24(17-3-1-4-20(30)23(17)31)22-6-2-5-21(37(22)26)14-7-12-19(27(32,33)34)18(13-14)25(38)35-16-10-8-15(29)9-11-16/h1-13H,(H,35,38). The largest absolute Gasteiger partial charge is 0.417 e. The number of benzene rings is 3. The van der Waals surface area contributed by atoms with Gasteiger partial charge in [-0.25, -0.2) is 18.2 Å². The Morgan fingerprint density at radius 2 is 1.61 bits per heavy atom. The summed E-state index contributed by atoms with van der Waals surface area (Å²) in [5, 5.41) is 2.17. The van der Waals surface area contributed by atoms with Crippen molar-refractivity contribution < 1.29 is 31.1 Å². The Hall–Kier alpha value is -4.31. The highest BCUT2D eigenvalue weighted by molar-refractivity contribution is 6.29. The van der Waals surface area contributed by atoms with Gasteiger partial charge in [-0.1, -0.05) is 18.2 Å². The lowest BCUT2D eigenvalue weighted by Crippen LogP contribution is -2.19. The van der Waals surface area contributed by atoms with Crippen molar-refractivity contribution in [2.75, 3.05) is 5.32 Å². The van der Waals surface area contributed by atoms with E-state index in [1.807, 2.05) is 0 Å². The third kappa shape index (κ3) is 4.58. The minimum Gasteiger partial charge on any atom is -0.322 e. The van der Waals surface area contributed by atoms with Gasteiger partial charge in [-0.3, -0.25) is 9.20 Å². The molecule has 0 radical (unpaired) electrons. The number of hydrogen-bond donors (Lipinski definition) is 1. The van der Waals surface area contributed by atoms with E-state index in [0.717, 1.165) is 36.4 Å². The summed E-state index contributed by atoms with van der Waals surface area (Å²) in [7, 11) is 0. The second-order valence-corrected chi connectivity index (χ2v) is 8.52. The van der Waals surface area contributed by atoms with E-state index in [4.69, 9.17) is 11.6 Å². The van der Waals surface area contributed by atoms with Crippen LogP contribution in [0, 0.1) is 17.5 Å². The number of halogens is 7. The number of nitrogens with one attached hydrogen (secondary N) is 1. The summed E-state index contributed by atoms with van der Waals surface area (Å²) < 4.78 is 84.3. The molecule has 1 amide bonds. The fourth-order valence-electron chi connectivity index (χ4n) is 4.07. The number of aromatic nitrogens is 2. The van der Waals surface area contributed by atoms with E-state index in [0.29, 0.717) is 0 Å². The molecule has 0 aliphatic heterocycles. The van der Waals surface area contributed by atoms with Crippen molar-refractivity contribution >= 4 is 28.7 Å². The summed E-state index contributed by atoms with van der Waals surface area (Å²) in [5.41, 5.74) is -1.25. The molecule has 4 nitrogen and oxygen atoms in total. The maximum Gasteiger partial charge on any atom is 0.417 e. The lowest BCUT2D eigenvalue weighted by atomic mass is 10.00. The second-order valence-electron chi connectivity index (χ2n) is 8.18. The zero-order chi connectivity index (χ0) is 27.2. The molecular formula is C27H14ClF6N3O. The topological polar surface area (TPSA) is 46.4 Å². The second kappa shape index (κ2) is 9.53. The highest BCUT2D eigenvalue weighted by Gasteiger charge is 2.35. The summed E-state index contributed by atoms with van der Waals surface area (Å²) in [6.45, 7) is 0. The third-order valence-electron chi connectivity index (χ3n) is 5.80. The van der Waals surface area contributed by atoms with Crippen LogP contribution < -0.4 is 5.32 Å². The van der Waals surface area contributed by atoms with Gasteiger partial charge in [0.2, 0.25) is 5.28 Å². The summed E-state index contributed by atoms with van der Waals surface area (Å²) in [5.74, 6) is -3.87. The molecule has 2 aromatic heterocycles. The molecule has 0 aliphatic carbocycles. The van der Waals surface area contributed by atoms with E-state index >= 15 is 0 Å². The minimum absolute atomic E-state index is 0.0232. The van der Waals surface area contributed by atoms with Crippen LogP contribution in [0.2, 0.25) is 5.28 Å². The number of carbonyl (C=O) groups excluding carboxylic acids is 1. The van der Waals surface area contributed by atoms with Gasteiger partial charge in [-0.2, -0.15) is 13.2 Å². The van der Waals surface area contributed by atoms with Crippen LogP contribution in [0.1, 0.15) is 15.9 Å². The number of pyridine rings is 1. The number of hydrogen-bond acceptors (Lipinski definition) is 2. The van der Waals surface area contributed by atoms with Gasteiger partial charge < -0.3 is 5.32 Å². The van der Waals surface area contributed by atoms with Crippen molar-refractivity contribution in [3.63, 3.8) is 0 Å². The lowest BCUT2D eigenvalue weighted by molar-refractivity contribution is -0.137. The third-order valence-corrected chi connectivity index (χ3v) is 6.05. The minimum atomic E-state index is -4.85. The molecule has 0 spiro atoms. The van der Waals surface area contributed by atoms with Crippen LogP contribution in [0.25, 0.3) is 28.0 Å². The van der Waals surface area contributed by atoms with Gasteiger partial charge in [0.1, 0.15) is 11.5 Å². The van der Waals surface area contributed by atoms with Crippen LogP contribution >= 0.6 is 11.6 Å². The Kier molecular flexibility index (Phi) is 6.36. The van der Waals surface area contributed by atoms with Crippen molar-refractivity contribution in [1.82, 2.24) is 9.38 Å². The smallest absolute Gasteiger partial charge is 0.322 e. The maximum atomic E-state index is 14.5. The van der Waals surface area contributed by atoms with Gasteiger partial charge in [0.05, 0.1) is 22.3 Å². The van der Waals surface area contributed by atoms with Crippen molar-refractivity contribution in [2.45, 2.75) is 6.18 Å². The number of imidazole rings is 1. The van der Waals surface area contributed by atoms with E-state index in [9.17, 15) is 31.1 Å². The van der Waals surface area contributed by atoms with E-state index in [1.54, 1.807) is 6.07 Å². The number of rotatable bonds is 4. The fraction of sp³-hybridized carbons (Fsp3) is 0.0370. The first-order valence-corrected chi connectivity index (χ1v) is 11.3. The van der Waals surface area contributed by atoms with Gasteiger partial charge in [-0.15, -0.1) is 0 Å². The van der Waals surface area contributed by atoms with Crippen molar-refractivity contribution in [2.24, 2.45) is 0 Å². The predicted molar refractivity (Wildman–Crippen MR) is 130 cm³/mol. The average molecular weight is 546 g/mol. The highest BCUT2D eigenvalue weighted by atomic mass is 35.5. The van der Waals surface area contributed by atoms with Crippen molar-refractivity contribution in [3.05, 3.63) is 113 Å². The lowest BCUT2D eigenvalue weighted by Gasteiger charge is -2.15. The molecule has 192 valence electrons. The van der Waals surface area contributed by atoms with Crippen LogP contribution in [-0.4, -0.2) is 15.3 Å². The molecule has 3 aromatic carbocycles. The zero-order valence-corrected chi connectivity index (χ0v) is 19.7. The monoisotopic (exact) mass is 545 g/mol. The summed E-state index contributed by atoms with van der Waals surface area (Å²) in [4.78, 5) is 17.1. The van der Waals surface area contributed by atoms with Gasteiger partial charge >= 0.3 is 6.18 Å². The van der Waals surface area contributed by atoms with Crippen molar-refractivity contribution in [1.29, 1.82) is 0 Å². The van der Waals surface area contributed by atoms with Gasteiger partial charge in [0.15, 0.2) is 11.6 Å². The van der Waals surface area contributed by atoms with Gasteiger partial charge in [0.25, 0.3) is 5.91 Å². The SMILES string of the molecule is O=C(Nc1ccc(F)cc1)c1cc(-c2cccc3c(-c4cccc(F)c4F)nc(Cl)n23)ccc1C(F)(F)F. The van der Waals surface area contributed by atoms with E-state index in [2.05, 4.69) is 10.3 Å². The quantitative estimate of drug-likeness (QED) is 0.233. The summed E-state index contributed by atoms with van der Waals surface area (Å²) in [6, 6.07) is 15.7. The van der Waals surface area contributed by atoms with Crippen LogP contribution in [0.4, 0.5) is 32.0 Å². The number of nitrogens with zero attached hydrogens (tertiary/aromatic N) is 2. The van der Waals surface area contributed by atoms with E-state index < -0.39 is 40.7 Å². The number of alkyl halides is 3. The van der Waals surface area contributed by atoms with Crippen LogP contribution in [0.3, 0.4) is 0 Å². The first kappa shape index (κ1) is 25.3. The normalized spacial score (nSPS) is 11.7. The Labute approximate surface area is 216 Å². The Balaban J connectivity index is 1.65. The maximum absolute atomic E-state index is 14.5. The van der Waals surface area contributed by atoms with Crippen LogP contribution in [-0.2, 0) is 6.18 Å². The predicted octanol–water partition coefficient (Wildman–Crippen LogP) is 8.01. The van der Waals surface area contributed by atoms with E-state index in [1.165, 1.54) is 40.8 Å². The molecule has 1 N–H and O–H groups in total. The molecule has 0 saturated carbocycles. The zero-order valence-electron chi connectivity index (χ0n) is 19.0. The highest BCUT2D eigenvalue weighted by Crippen LogP contribution is 2.37. The van der Waals surface area contributed by atoms with Crippen molar-refractivity contribution in [3.8, 4) is 22.5 Å². The number of fused-ring (bicyclic) bond motifs is 1. The van der Waals surface area contributed by atoms with Crippen LogP contribution in [0.15, 0.2) is 78.9 Å². The first-order valence-electron chi connectivity index (χ1n) is 10.9. The Morgan fingerprint density at radius 3 is 2.32 bits per heavy atom. The number of carbonyl (C=O) groups is 1. The molecule has 0 bridgehead atoms. The molecule has 5 aromatic rings. The molecular weight excluding hydrogens is 532 g/mol. The molecule has 0 fully saturated rings. The fourth-order valence-corrected chi connectivity index (χ4v) is 4.34. The molecule has 0 aliphatic rings. The van der Waals surface area contributed by atoms with Gasteiger partial charge in [-0.05, 0) is 77.8 Å². The molecule has 0 unspecified atom stereocenters. The molecule has 38 heavy (non-hydrogen) atoms. The molecule has 2 heterocycles.